The molecule has 4 N–H and O–H groups in total. The van der Waals surface area contributed by atoms with Crippen molar-refractivity contribution in [2.24, 2.45) is 4.99 Å². The maximum atomic E-state index is 11.3. The number of allylic oxidation sites excluding steroid dienone is 2. The largest absolute Gasteiger partial charge is 0.362 e. The fraction of sp³-hybridized carbons (Fsp3) is 0.231. The summed E-state index contributed by atoms with van der Waals surface area (Å²) < 4.78 is 0. The minimum absolute atomic E-state index is 0.135. The van der Waals surface area contributed by atoms with Crippen LogP contribution in [-0.4, -0.2) is 42.0 Å². The van der Waals surface area contributed by atoms with Gasteiger partial charge in [0.05, 0.1) is 0 Å². The van der Waals surface area contributed by atoms with Crippen molar-refractivity contribution in [3.8, 4) is 0 Å². The molecule has 0 spiro atoms. The van der Waals surface area contributed by atoms with Crippen molar-refractivity contribution in [2.45, 2.75) is 26.3 Å². The lowest BCUT2D eigenvalue weighted by Crippen LogP contribution is -2.31. The van der Waals surface area contributed by atoms with E-state index in [0.29, 0.717) is 0 Å². The van der Waals surface area contributed by atoms with E-state index >= 15 is 0 Å². The molecule has 3 rings (SSSR count). The van der Waals surface area contributed by atoms with Gasteiger partial charge in [-0.15, -0.1) is 11.8 Å². The number of benzene rings is 2. The van der Waals surface area contributed by atoms with Gasteiger partial charge < -0.3 is 16.0 Å². The van der Waals surface area contributed by atoms with Gasteiger partial charge in [0, 0.05) is 67.1 Å². The highest BCUT2D eigenvalue weighted by Crippen LogP contribution is 2.27. The number of hydrogen-bond donors (Lipinski definition) is 4. The molecule has 1 aliphatic rings. The highest BCUT2D eigenvalue weighted by molar-refractivity contribution is 8.03. The fourth-order valence-electron chi connectivity index (χ4n) is 3.65. The second kappa shape index (κ2) is 12.7. The van der Waals surface area contributed by atoms with E-state index in [4.69, 9.17) is 10.8 Å². The van der Waals surface area contributed by atoms with Crippen molar-refractivity contribution >= 4 is 42.1 Å². The predicted octanol–water partition coefficient (Wildman–Crippen LogP) is 4.56. The topological polar surface area (TPSA) is 104 Å². The molecule has 0 saturated carbocycles. The minimum Gasteiger partial charge on any atom is -0.362 e. The van der Waals surface area contributed by atoms with Crippen LogP contribution in [0.3, 0.4) is 0 Å². The number of rotatable bonds is 10. The average Bonchev–Trinajstić information content (AvgIpc) is 2.83. The van der Waals surface area contributed by atoms with E-state index in [1.165, 1.54) is 29.8 Å². The number of amides is 1. The number of amidine groups is 1. The van der Waals surface area contributed by atoms with Crippen molar-refractivity contribution < 1.29 is 4.79 Å². The molecule has 1 aliphatic heterocycles. The van der Waals surface area contributed by atoms with Crippen LogP contribution in [0, 0.1) is 10.8 Å². The summed E-state index contributed by atoms with van der Waals surface area (Å²) in [5.74, 6) is 0.736. The first-order chi connectivity index (χ1) is 16.5. The predicted molar refractivity (Wildman–Crippen MR) is 143 cm³/mol. The first kappa shape index (κ1) is 25.1. The molecule has 34 heavy (non-hydrogen) atoms. The number of thioether (sulfide) groups is 1. The number of nitrogens with zero attached hydrogens (tertiary/aromatic N) is 2. The smallest absolute Gasteiger partial charge is 0.222 e. The summed E-state index contributed by atoms with van der Waals surface area (Å²) >= 11 is 1.76. The Balaban J connectivity index is 1.58. The summed E-state index contributed by atoms with van der Waals surface area (Å²) in [4.78, 5) is 18.8. The third-order valence-electron chi connectivity index (χ3n) is 5.33. The summed E-state index contributed by atoms with van der Waals surface area (Å²) in [6.45, 7) is 6.83. The van der Waals surface area contributed by atoms with E-state index < -0.39 is 0 Å². The van der Waals surface area contributed by atoms with Crippen molar-refractivity contribution in [1.82, 2.24) is 10.2 Å². The maximum absolute atomic E-state index is 11.3. The number of carbonyl (C=O) groups is 1. The quantitative estimate of drug-likeness (QED) is 0.299. The second-order valence-electron chi connectivity index (χ2n) is 7.94. The zero-order valence-corrected chi connectivity index (χ0v) is 20.1. The lowest BCUT2D eigenvalue weighted by molar-refractivity contribution is -0.117. The van der Waals surface area contributed by atoms with Gasteiger partial charge in [-0.2, -0.15) is 0 Å². The molecule has 2 aromatic rings. The molecule has 0 atom stereocenters. The van der Waals surface area contributed by atoms with Gasteiger partial charge in [0.15, 0.2) is 0 Å². The summed E-state index contributed by atoms with van der Waals surface area (Å²) in [7, 11) is 0. The third kappa shape index (κ3) is 7.54. The van der Waals surface area contributed by atoms with Crippen molar-refractivity contribution in [2.75, 3.05) is 17.7 Å². The van der Waals surface area contributed by atoms with Gasteiger partial charge >= 0.3 is 0 Å². The molecule has 0 fully saturated rings. The van der Waals surface area contributed by atoms with Gasteiger partial charge in [0.2, 0.25) is 5.91 Å². The molecule has 0 unspecified atom stereocenters. The summed E-state index contributed by atoms with van der Waals surface area (Å²) in [5.41, 5.74) is 5.39. The Labute approximate surface area is 205 Å². The number of anilines is 1. The molecule has 0 saturated heterocycles. The van der Waals surface area contributed by atoms with E-state index in [1.807, 2.05) is 30.5 Å². The second-order valence-corrected chi connectivity index (χ2v) is 9.01. The molecule has 0 radical (unpaired) electrons. The van der Waals surface area contributed by atoms with Crippen LogP contribution in [0.4, 0.5) is 5.69 Å². The summed E-state index contributed by atoms with van der Waals surface area (Å²) in [6, 6.07) is 14.2. The minimum atomic E-state index is -0.235. The normalized spacial score (nSPS) is 13.9. The zero-order valence-electron chi connectivity index (χ0n) is 19.3. The molecule has 8 heteroatoms. The first-order valence-electron chi connectivity index (χ1n) is 11.0. The van der Waals surface area contributed by atoms with Gasteiger partial charge in [0.1, 0.15) is 5.84 Å². The van der Waals surface area contributed by atoms with E-state index in [0.717, 1.165) is 48.0 Å². The highest BCUT2D eigenvalue weighted by atomic mass is 32.2. The van der Waals surface area contributed by atoms with Crippen LogP contribution in [0.25, 0.3) is 0 Å². The average molecular weight is 475 g/mol. The molecule has 0 aromatic heterocycles. The molecular formula is C26H30N6OS. The Hall–Kier alpha value is -3.49. The molecule has 7 nitrogen and oxygen atoms in total. The summed E-state index contributed by atoms with van der Waals surface area (Å²) in [5, 5.41) is 20.8. The highest BCUT2D eigenvalue weighted by Gasteiger charge is 2.18. The number of hydrogen-bond acceptors (Lipinski definition) is 7. The molecule has 1 amide bonds. The lowest BCUT2D eigenvalue weighted by Gasteiger charge is -2.29. The zero-order chi connectivity index (χ0) is 24.3. The fourth-order valence-corrected chi connectivity index (χ4v) is 4.64. The number of nitrogens with one attached hydrogen (secondary N) is 4. The van der Waals surface area contributed by atoms with Gasteiger partial charge in [-0.3, -0.25) is 20.1 Å². The molecule has 0 aliphatic carbocycles. The van der Waals surface area contributed by atoms with Gasteiger partial charge in [-0.05, 0) is 54.1 Å². The Morgan fingerprint density at radius 2 is 2.03 bits per heavy atom. The van der Waals surface area contributed by atoms with Crippen LogP contribution < -0.4 is 10.6 Å². The van der Waals surface area contributed by atoms with Gasteiger partial charge in [-0.1, -0.05) is 24.3 Å². The first-order valence-corrected chi connectivity index (χ1v) is 12.0. The van der Waals surface area contributed by atoms with Gasteiger partial charge in [0.25, 0.3) is 0 Å². The lowest BCUT2D eigenvalue weighted by atomic mass is 9.97. The monoisotopic (exact) mass is 474 g/mol. The number of aliphatic imine (C=N–C) groups is 1. The molecular weight excluding hydrogens is 444 g/mol. The Morgan fingerprint density at radius 1 is 1.24 bits per heavy atom. The molecule has 0 bridgehead atoms. The maximum Gasteiger partial charge on any atom is 0.222 e. The van der Waals surface area contributed by atoms with Gasteiger partial charge in [-0.25, -0.2) is 0 Å². The SMILES string of the molecule is C=N/C=C(/Cc1ccc(N/C=C\C=N)cc1)SCN1CCc2ccc(C(=N)NC(C)=O)cc2C1. The third-order valence-corrected chi connectivity index (χ3v) is 6.44. The number of carbonyl (C=O) groups excluding carboxylic acids is 1. The van der Waals surface area contributed by atoms with Crippen LogP contribution in [-0.2, 0) is 24.2 Å². The van der Waals surface area contributed by atoms with Crippen LogP contribution in [0.15, 0.2) is 70.8 Å². The van der Waals surface area contributed by atoms with Crippen LogP contribution >= 0.6 is 11.8 Å². The van der Waals surface area contributed by atoms with E-state index in [1.54, 1.807) is 24.0 Å². The molecule has 2 aromatic carbocycles. The molecule has 1 heterocycles. The standard InChI is InChI=1S/C26H30N6OS/c1-19(33)31-26(28)22-7-6-21-10-13-32(17-23(21)15-22)18-34-25(16-29-2)14-20-4-8-24(9-5-20)30-12-3-11-27/h3-9,11-12,15-16,27,30H,2,10,13-14,17-18H2,1H3,(H2,28,31,33)/b12-3-,25-16-,27-11?. The van der Waals surface area contributed by atoms with Crippen molar-refractivity contribution in [3.63, 3.8) is 0 Å². The Kier molecular flexibility index (Phi) is 9.37. The Morgan fingerprint density at radius 3 is 2.74 bits per heavy atom. The Bertz CT molecular complexity index is 1110. The van der Waals surface area contributed by atoms with Crippen molar-refractivity contribution in [3.05, 3.63) is 88.1 Å². The van der Waals surface area contributed by atoms with E-state index in [9.17, 15) is 4.79 Å². The van der Waals surface area contributed by atoms with Crippen LogP contribution in [0.1, 0.15) is 29.2 Å². The van der Waals surface area contributed by atoms with E-state index in [-0.39, 0.29) is 11.7 Å². The van der Waals surface area contributed by atoms with E-state index in [2.05, 4.69) is 45.4 Å². The van der Waals surface area contributed by atoms with Crippen molar-refractivity contribution in [1.29, 1.82) is 10.8 Å². The van der Waals surface area contributed by atoms with Crippen LogP contribution in [0.5, 0.6) is 0 Å². The number of fused-ring (bicyclic) bond motifs is 1. The summed E-state index contributed by atoms with van der Waals surface area (Å²) in [6.07, 6.45) is 8.16. The molecule has 176 valence electrons. The van der Waals surface area contributed by atoms with Crippen LogP contribution in [0.2, 0.25) is 0 Å².